The van der Waals surface area contributed by atoms with Gasteiger partial charge in [0.15, 0.2) is 0 Å². The van der Waals surface area contributed by atoms with Crippen LogP contribution in [0.4, 0.5) is 51.2 Å². The molecule has 1 aromatic heterocycles. The van der Waals surface area contributed by atoms with Crippen molar-refractivity contribution in [1.82, 2.24) is 0 Å². The Morgan fingerprint density at radius 2 is 0.949 bits per heavy atom. The molecule has 8 aromatic carbocycles. The number of anilines is 9. The molecule has 0 atom stereocenters. The van der Waals surface area contributed by atoms with Crippen molar-refractivity contribution < 1.29 is 0 Å². The predicted molar refractivity (Wildman–Crippen MR) is 341 cm³/mol. The van der Waals surface area contributed by atoms with Crippen LogP contribution in [-0.4, -0.2) is 6.71 Å². The van der Waals surface area contributed by atoms with Crippen molar-refractivity contribution in [1.29, 1.82) is 0 Å². The summed E-state index contributed by atoms with van der Waals surface area (Å²) in [7, 11) is 0. The van der Waals surface area contributed by atoms with Crippen LogP contribution in [0.1, 0.15) is 162 Å². The third-order valence-corrected chi connectivity index (χ3v) is 20.3. The Morgan fingerprint density at radius 1 is 0.436 bits per heavy atom. The fourth-order valence-electron chi connectivity index (χ4n) is 14.1. The van der Waals surface area contributed by atoms with E-state index in [0.29, 0.717) is 0 Å². The molecule has 5 heteroatoms. The molecule has 0 amide bonds. The first kappa shape index (κ1) is 50.9. The molecule has 3 nitrogen and oxygen atoms in total. The predicted octanol–water partition coefficient (Wildman–Crippen LogP) is 19.2. The molecule has 0 unspecified atom stereocenters. The van der Waals surface area contributed by atoms with Crippen LogP contribution in [0.2, 0.25) is 0 Å². The van der Waals surface area contributed by atoms with Gasteiger partial charge in [-0.3, -0.25) is 0 Å². The molecule has 9 aromatic rings. The molecule has 0 spiro atoms. The first-order valence-electron chi connectivity index (χ1n) is 29.0. The van der Waals surface area contributed by atoms with Crippen molar-refractivity contribution in [3.63, 3.8) is 0 Å². The van der Waals surface area contributed by atoms with Crippen LogP contribution in [0.3, 0.4) is 0 Å². The first-order valence-corrected chi connectivity index (χ1v) is 29.8. The van der Waals surface area contributed by atoms with Crippen LogP contribution in [-0.2, 0) is 32.5 Å². The van der Waals surface area contributed by atoms with Crippen LogP contribution >= 0.6 is 11.3 Å². The van der Waals surface area contributed by atoms with Crippen molar-refractivity contribution in [3.8, 4) is 0 Å². The Kier molecular flexibility index (Phi) is 11.2. The van der Waals surface area contributed by atoms with Crippen LogP contribution in [0.15, 0.2) is 152 Å². The van der Waals surface area contributed by atoms with E-state index in [2.05, 4.69) is 270 Å². The van der Waals surface area contributed by atoms with Gasteiger partial charge in [-0.25, -0.2) is 0 Å². The van der Waals surface area contributed by atoms with Crippen LogP contribution in [0, 0.1) is 6.92 Å². The van der Waals surface area contributed by atoms with Gasteiger partial charge in [-0.15, -0.1) is 11.3 Å². The number of hydrogen-bond donors (Lipinski definition) is 0. The third kappa shape index (κ3) is 7.94. The summed E-state index contributed by atoms with van der Waals surface area (Å²) in [5.41, 5.74) is 25.3. The van der Waals surface area contributed by atoms with Gasteiger partial charge in [-0.1, -0.05) is 170 Å². The summed E-state index contributed by atoms with van der Waals surface area (Å²) < 4.78 is 2.62. The maximum atomic E-state index is 2.70. The van der Waals surface area contributed by atoms with Gasteiger partial charge in [0.2, 0.25) is 0 Å². The van der Waals surface area contributed by atoms with E-state index in [1.807, 2.05) is 11.3 Å². The van der Waals surface area contributed by atoms with Crippen molar-refractivity contribution in [2.45, 2.75) is 162 Å². The van der Waals surface area contributed by atoms with Crippen molar-refractivity contribution >= 4 is 106 Å². The highest BCUT2D eigenvalue weighted by molar-refractivity contribution is 7.26. The molecular weight excluding hydrogens is 962 g/mol. The Balaban J connectivity index is 1.12. The lowest BCUT2D eigenvalue weighted by atomic mass is 9.33. The van der Waals surface area contributed by atoms with Gasteiger partial charge in [0.05, 0.1) is 10.4 Å². The summed E-state index contributed by atoms with van der Waals surface area (Å²) in [6.45, 7) is 36.0. The summed E-state index contributed by atoms with van der Waals surface area (Å²) >= 11 is 1.92. The minimum absolute atomic E-state index is 0.0199. The Morgan fingerprint density at radius 3 is 1.55 bits per heavy atom. The monoisotopic (exact) mass is 1040 g/mol. The molecule has 0 saturated heterocycles. The Bertz CT molecular complexity index is 3850. The zero-order valence-electron chi connectivity index (χ0n) is 49.1. The van der Waals surface area contributed by atoms with Crippen molar-refractivity contribution in [2.75, 3.05) is 14.7 Å². The second kappa shape index (κ2) is 17.2. The highest BCUT2D eigenvalue weighted by Gasteiger charge is 2.48. The maximum absolute atomic E-state index is 2.70. The summed E-state index contributed by atoms with van der Waals surface area (Å²) in [4.78, 5) is 7.87. The molecular formula is C73H78BN3S. The third-order valence-electron chi connectivity index (χ3n) is 19.1. The van der Waals surface area contributed by atoms with E-state index in [9.17, 15) is 0 Å². The van der Waals surface area contributed by atoms with E-state index in [4.69, 9.17) is 0 Å². The van der Waals surface area contributed by atoms with Gasteiger partial charge in [0.1, 0.15) is 0 Å². The quantitative estimate of drug-likeness (QED) is 0.159. The minimum Gasteiger partial charge on any atom is -0.311 e. The van der Waals surface area contributed by atoms with E-state index in [0.717, 1.165) is 29.9 Å². The molecule has 78 heavy (non-hydrogen) atoms. The van der Waals surface area contributed by atoms with Crippen LogP contribution in [0.5, 0.6) is 0 Å². The highest BCUT2D eigenvalue weighted by Crippen LogP contribution is 2.54. The van der Waals surface area contributed by atoms with E-state index in [-0.39, 0.29) is 39.2 Å². The summed E-state index contributed by atoms with van der Waals surface area (Å²) in [5.74, 6) is 0. The summed E-state index contributed by atoms with van der Waals surface area (Å²) in [6.07, 6.45) is 4.68. The second-order valence-electron chi connectivity index (χ2n) is 28.5. The standard InChI is InChI=1S/C73H78BN3S/c1-45-39-63-66-64(40-45)77(60-21-18-20-53-52-19-16-17-22-65(52)78-67(53)60)61-42-51(75(48-27-23-46(24-28-48)68(2,3)4)49-29-25-47(26-30-49)69(5,6)7)32-34-58(61)74(66)59-43-56-57(73(14,15)38-37-72(56,12)13)44-62(59)76(63)50-31-33-54-55(41-50)71(10,11)36-35-70(54,8)9/h16-34,39-44H,35-38H2,1-15H3. The molecule has 13 rings (SSSR count). The number of aryl methyl sites for hydroxylation is 1. The molecule has 0 bridgehead atoms. The lowest BCUT2D eigenvalue weighted by molar-refractivity contribution is 0.332. The maximum Gasteiger partial charge on any atom is 0.252 e. The van der Waals surface area contributed by atoms with Gasteiger partial charge in [-0.2, -0.15) is 0 Å². The largest absolute Gasteiger partial charge is 0.311 e. The molecule has 3 heterocycles. The zero-order valence-corrected chi connectivity index (χ0v) is 49.9. The van der Waals surface area contributed by atoms with E-state index in [1.54, 1.807) is 0 Å². The summed E-state index contributed by atoms with van der Waals surface area (Å²) in [6, 6.07) is 60.1. The van der Waals surface area contributed by atoms with Gasteiger partial charge >= 0.3 is 0 Å². The molecule has 0 N–H and O–H groups in total. The number of nitrogens with zero attached hydrogens (tertiary/aromatic N) is 3. The average Bonchev–Trinajstić information content (AvgIpc) is 3.77. The molecule has 0 fully saturated rings. The zero-order chi connectivity index (χ0) is 54.8. The number of benzene rings is 8. The minimum atomic E-state index is -0.0199. The number of thiophene rings is 1. The molecule has 2 aliphatic carbocycles. The SMILES string of the molecule is Cc1cc2c3c(c1)N(c1cccc4c1sc1ccccc14)c1cc(N(c4ccc(C(C)(C)C)cc4)c4ccc(C(C)(C)C)cc4)ccc1B3c1cc3c(cc1N2c1ccc2c(c1)C(C)(C)CCC2(C)C)C(C)(C)CCC3(C)C. The molecule has 2 aliphatic heterocycles. The molecule has 4 aliphatic rings. The van der Waals surface area contributed by atoms with E-state index in [1.165, 1.54) is 122 Å². The summed E-state index contributed by atoms with van der Waals surface area (Å²) in [5, 5.41) is 2.61. The van der Waals surface area contributed by atoms with Crippen molar-refractivity contribution in [3.05, 3.63) is 191 Å². The number of fused-ring (bicyclic) bond motifs is 9. The van der Waals surface area contributed by atoms with E-state index >= 15 is 0 Å². The smallest absolute Gasteiger partial charge is 0.252 e. The molecule has 394 valence electrons. The topological polar surface area (TPSA) is 9.72 Å². The van der Waals surface area contributed by atoms with Gasteiger partial charge in [0, 0.05) is 61.0 Å². The number of rotatable bonds is 5. The van der Waals surface area contributed by atoms with Gasteiger partial charge < -0.3 is 14.7 Å². The second-order valence-corrected chi connectivity index (χ2v) is 29.5. The molecule has 0 saturated carbocycles. The van der Waals surface area contributed by atoms with Crippen molar-refractivity contribution in [2.24, 2.45) is 0 Å². The number of hydrogen-bond acceptors (Lipinski definition) is 4. The fraction of sp³-hybridized carbons (Fsp3) is 0.342. The van der Waals surface area contributed by atoms with Gasteiger partial charge in [0.25, 0.3) is 6.71 Å². The van der Waals surface area contributed by atoms with Crippen LogP contribution < -0.4 is 31.1 Å². The lowest BCUT2D eigenvalue weighted by Gasteiger charge is -2.48. The Labute approximate surface area is 470 Å². The normalized spacial score (nSPS) is 17.6. The first-order chi connectivity index (χ1) is 36.8. The molecule has 0 radical (unpaired) electrons. The average molecular weight is 1040 g/mol. The van der Waals surface area contributed by atoms with Crippen LogP contribution in [0.25, 0.3) is 20.2 Å². The highest BCUT2D eigenvalue weighted by atomic mass is 32.1. The van der Waals surface area contributed by atoms with E-state index < -0.39 is 0 Å². The Hall–Kier alpha value is -6.56. The fourth-order valence-corrected chi connectivity index (χ4v) is 15.4. The van der Waals surface area contributed by atoms with Gasteiger partial charge in [-0.05, 0) is 199 Å². The lowest BCUT2D eigenvalue weighted by Crippen LogP contribution is -2.62.